The second-order valence-electron chi connectivity index (χ2n) is 6.78. The van der Waals surface area contributed by atoms with E-state index in [9.17, 15) is 9.18 Å². The zero-order valence-corrected chi connectivity index (χ0v) is 14.7. The summed E-state index contributed by atoms with van der Waals surface area (Å²) < 4.78 is 13.5. The maximum atomic E-state index is 13.5. The van der Waals surface area contributed by atoms with Gasteiger partial charge < -0.3 is 4.90 Å². The number of anilines is 1. The van der Waals surface area contributed by atoms with Crippen molar-refractivity contribution in [2.45, 2.75) is 25.8 Å². The van der Waals surface area contributed by atoms with Gasteiger partial charge >= 0.3 is 0 Å². The number of fused-ring (bicyclic) bond motifs is 1. The Morgan fingerprint density at radius 2 is 1.65 bits per heavy atom. The highest BCUT2D eigenvalue weighted by atomic mass is 19.1. The van der Waals surface area contributed by atoms with Crippen LogP contribution in [0.2, 0.25) is 0 Å². The molecule has 0 unspecified atom stereocenters. The molecule has 3 aromatic carbocycles. The first-order valence-corrected chi connectivity index (χ1v) is 8.91. The van der Waals surface area contributed by atoms with Crippen molar-refractivity contribution in [2.75, 3.05) is 4.90 Å². The number of benzene rings is 3. The van der Waals surface area contributed by atoms with Crippen molar-refractivity contribution >= 4 is 11.6 Å². The lowest BCUT2D eigenvalue weighted by Crippen LogP contribution is -2.42. The van der Waals surface area contributed by atoms with E-state index in [1.807, 2.05) is 61.5 Å². The summed E-state index contributed by atoms with van der Waals surface area (Å²) >= 11 is 0. The van der Waals surface area contributed by atoms with Crippen molar-refractivity contribution in [1.82, 2.24) is 0 Å². The van der Waals surface area contributed by atoms with Gasteiger partial charge in [-0.05, 0) is 66.8 Å². The molecule has 0 bridgehead atoms. The summed E-state index contributed by atoms with van der Waals surface area (Å²) in [6.45, 7) is 2.04. The van der Waals surface area contributed by atoms with E-state index in [0.717, 1.165) is 35.2 Å². The average Bonchev–Trinajstić information content (AvgIpc) is 2.68. The van der Waals surface area contributed by atoms with Crippen molar-refractivity contribution in [2.24, 2.45) is 0 Å². The summed E-state index contributed by atoms with van der Waals surface area (Å²) in [4.78, 5) is 14.9. The van der Waals surface area contributed by atoms with Crippen LogP contribution in [0.25, 0.3) is 11.1 Å². The van der Waals surface area contributed by atoms with Crippen LogP contribution in [0.15, 0.2) is 72.8 Å². The monoisotopic (exact) mass is 345 g/mol. The third-order valence-corrected chi connectivity index (χ3v) is 5.03. The summed E-state index contributed by atoms with van der Waals surface area (Å²) in [6.07, 6.45) is 1.63. The summed E-state index contributed by atoms with van der Waals surface area (Å²) in [5.41, 5.74) is 4.57. The van der Waals surface area contributed by atoms with Gasteiger partial charge in [0.15, 0.2) is 0 Å². The number of hydrogen-bond acceptors (Lipinski definition) is 1. The number of halogens is 1. The molecule has 0 spiro atoms. The molecule has 130 valence electrons. The van der Waals surface area contributed by atoms with E-state index in [1.165, 1.54) is 6.07 Å². The fourth-order valence-corrected chi connectivity index (χ4v) is 3.60. The molecule has 1 atom stereocenters. The van der Waals surface area contributed by atoms with Crippen LogP contribution in [0.5, 0.6) is 0 Å². The van der Waals surface area contributed by atoms with Gasteiger partial charge in [-0.3, -0.25) is 4.79 Å². The molecular weight excluding hydrogens is 325 g/mol. The van der Waals surface area contributed by atoms with Gasteiger partial charge in [-0.15, -0.1) is 0 Å². The second kappa shape index (κ2) is 6.75. The zero-order valence-electron chi connectivity index (χ0n) is 14.7. The summed E-state index contributed by atoms with van der Waals surface area (Å²) in [6, 6.07) is 22.6. The quantitative estimate of drug-likeness (QED) is 0.603. The molecule has 3 heteroatoms. The normalized spacial score (nSPS) is 16.2. The highest BCUT2D eigenvalue weighted by Crippen LogP contribution is 2.32. The third-order valence-electron chi connectivity index (χ3n) is 5.03. The Hall–Kier alpha value is -2.94. The average molecular weight is 345 g/mol. The molecule has 1 heterocycles. The van der Waals surface area contributed by atoms with Crippen LogP contribution in [0.3, 0.4) is 0 Å². The molecule has 1 aliphatic heterocycles. The van der Waals surface area contributed by atoms with Crippen LogP contribution in [0.4, 0.5) is 10.1 Å². The molecule has 2 nitrogen and oxygen atoms in total. The second-order valence-corrected chi connectivity index (χ2v) is 6.78. The van der Waals surface area contributed by atoms with Crippen molar-refractivity contribution in [3.05, 3.63) is 89.7 Å². The largest absolute Gasteiger partial charge is 0.305 e. The van der Waals surface area contributed by atoms with Crippen molar-refractivity contribution in [3.63, 3.8) is 0 Å². The van der Waals surface area contributed by atoms with Gasteiger partial charge in [0.1, 0.15) is 5.82 Å². The molecule has 0 radical (unpaired) electrons. The molecule has 26 heavy (non-hydrogen) atoms. The first-order chi connectivity index (χ1) is 12.6. The lowest BCUT2D eigenvalue weighted by molar-refractivity contribution is 0.0975. The highest BCUT2D eigenvalue weighted by molar-refractivity contribution is 6.07. The molecule has 0 aliphatic carbocycles. The highest BCUT2D eigenvalue weighted by Gasteiger charge is 2.29. The molecular formula is C23H20FNO. The van der Waals surface area contributed by atoms with Gasteiger partial charge in [0, 0.05) is 17.3 Å². The standard InChI is InChI=1S/C23H20FNO/c1-16-7-8-20-15-21(24)13-14-22(20)25(16)23(26)19-11-9-18(10-12-19)17-5-3-2-4-6-17/h2-6,9-16H,7-8H2,1H3/t16-/m0/s1. The fourth-order valence-electron chi connectivity index (χ4n) is 3.60. The van der Waals surface area contributed by atoms with E-state index in [-0.39, 0.29) is 17.8 Å². The minimum Gasteiger partial charge on any atom is -0.305 e. The van der Waals surface area contributed by atoms with E-state index >= 15 is 0 Å². The molecule has 0 N–H and O–H groups in total. The maximum absolute atomic E-state index is 13.5. The van der Waals surface area contributed by atoms with Gasteiger partial charge in [-0.2, -0.15) is 0 Å². The minimum absolute atomic E-state index is 0.0373. The predicted octanol–water partition coefficient (Wildman–Crippen LogP) is 5.47. The fraction of sp³-hybridized carbons (Fsp3) is 0.174. The first-order valence-electron chi connectivity index (χ1n) is 8.91. The Bertz CT molecular complexity index is 934. The SMILES string of the molecule is C[C@H]1CCc2cc(F)ccc2N1C(=O)c1ccc(-c2ccccc2)cc1. The van der Waals surface area contributed by atoms with Gasteiger partial charge in [0.2, 0.25) is 0 Å². The Morgan fingerprint density at radius 1 is 0.962 bits per heavy atom. The van der Waals surface area contributed by atoms with E-state index in [0.29, 0.717) is 5.56 Å². The lowest BCUT2D eigenvalue weighted by Gasteiger charge is -2.35. The molecule has 0 aromatic heterocycles. The molecule has 0 saturated carbocycles. The molecule has 0 saturated heterocycles. The number of rotatable bonds is 2. The molecule has 3 aromatic rings. The van der Waals surface area contributed by atoms with E-state index in [2.05, 4.69) is 0 Å². The van der Waals surface area contributed by atoms with Crippen LogP contribution in [-0.4, -0.2) is 11.9 Å². The smallest absolute Gasteiger partial charge is 0.258 e. The Balaban J connectivity index is 1.66. The lowest BCUT2D eigenvalue weighted by atomic mass is 9.95. The van der Waals surface area contributed by atoms with Crippen LogP contribution >= 0.6 is 0 Å². The van der Waals surface area contributed by atoms with E-state index in [4.69, 9.17) is 0 Å². The minimum atomic E-state index is -0.252. The zero-order chi connectivity index (χ0) is 18.1. The third kappa shape index (κ3) is 3.01. The van der Waals surface area contributed by atoms with E-state index < -0.39 is 0 Å². The first kappa shape index (κ1) is 16.5. The van der Waals surface area contributed by atoms with Crippen molar-refractivity contribution in [1.29, 1.82) is 0 Å². The summed E-state index contributed by atoms with van der Waals surface area (Å²) in [7, 11) is 0. The molecule has 1 aliphatic rings. The maximum Gasteiger partial charge on any atom is 0.258 e. The van der Waals surface area contributed by atoms with Crippen LogP contribution in [-0.2, 0) is 6.42 Å². The number of nitrogens with zero attached hydrogens (tertiary/aromatic N) is 1. The van der Waals surface area contributed by atoms with Crippen molar-refractivity contribution < 1.29 is 9.18 Å². The number of amides is 1. The Labute approximate surface area is 152 Å². The van der Waals surface area contributed by atoms with Gasteiger partial charge in [0.05, 0.1) is 0 Å². The van der Waals surface area contributed by atoms with Gasteiger partial charge in [0.25, 0.3) is 5.91 Å². The molecule has 1 amide bonds. The van der Waals surface area contributed by atoms with E-state index in [1.54, 1.807) is 17.0 Å². The number of carbonyl (C=O) groups is 1. The van der Waals surface area contributed by atoms with Crippen molar-refractivity contribution in [3.8, 4) is 11.1 Å². The van der Waals surface area contributed by atoms with Crippen LogP contribution in [0.1, 0.15) is 29.3 Å². The number of hydrogen-bond donors (Lipinski definition) is 0. The topological polar surface area (TPSA) is 20.3 Å². The number of aryl methyl sites for hydroxylation is 1. The van der Waals surface area contributed by atoms with Crippen LogP contribution < -0.4 is 4.90 Å². The summed E-state index contributed by atoms with van der Waals surface area (Å²) in [5, 5.41) is 0. The predicted molar refractivity (Wildman–Crippen MR) is 103 cm³/mol. The Morgan fingerprint density at radius 3 is 2.38 bits per heavy atom. The Kier molecular flexibility index (Phi) is 4.29. The summed E-state index contributed by atoms with van der Waals surface area (Å²) in [5.74, 6) is -0.289. The van der Waals surface area contributed by atoms with Gasteiger partial charge in [-0.1, -0.05) is 42.5 Å². The number of carbonyl (C=O) groups excluding carboxylic acids is 1. The molecule has 0 fully saturated rings. The molecule has 4 rings (SSSR count). The van der Waals surface area contributed by atoms with Gasteiger partial charge in [-0.25, -0.2) is 4.39 Å². The van der Waals surface area contributed by atoms with Crippen LogP contribution in [0, 0.1) is 5.82 Å².